The largest absolute Gasteiger partial charge is 0.298 e. The quantitative estimate of drug-likeness (QED) is 0.338. The van der Waals surface area contributed by atoms with Gasteiger partial charge >= 0.3 is 0 Å². The molecule has 2 rings (SSSR count). The smallest absolute Gasteiger partial charge is 0.248 e. The lowest BCUT2D eigenvalue weighted by atomic mass is 10.3. The lowest BCUT2D eigenvalue weighted by Gasteiger charge is -2.34. The van der Waals surface area contributed by atoms with E-state index in [2.05, 4.69) is 15.2 Å². The van der Waals surface area contributed by atoms with Gasteiger partial charge in [-0.1, -0.05) is 0 Å². The average Bonchev–Trinajstić information content (AvgIpc) is 3.02. The highest BCUT2D eigenvalue weighted by Crippen LogP contribution is 2.27. The van der Waals surface area contributed by atoms with Crippen molar-refractivity contribution in [3.8, 4) is 0 Å². The predicted octanol–water partition coefficient (Wildman–Crippen LogP) is -1.24. The van der Waals surface area contributed by atoms with E-state index in [-0.39, 0.29) is 5.91 Å². The maximum atomic E-state index is 11.0. The molecule has 5 heteroatoms. The summed E-state index contributed by atoms with van der Waals surface area (Å²) in [5.41, 5.74) is 2.16. The molecule has 1 saturated heterocycles. The lowest BCUT2D eigenvalue weighted by Crippen LogP contribution is -2.50. The molecule has 0 spiro atoms. The highest BCUT2D eigenvalue weighted by Gasteiger charge is 2.31. The zero-order valence-electron chi connectivity index (χ0n) is 8.41. The third kappa shape index (κ3) is 2.43. The molecular formula is C9H18N4O. The van der Waals surface area contributed by atoms with Gasteiger partial charge < -0.3 is 0 Å². The number of nitrogens with one attached hydrogen (secondary N) is 1. The van der Waals surface area contributed by atoms with Crippen LogP contribution in [-0.2, 0) is 4.79 Å². The summed E-state index contributed by atoms with van der Waals surface area (Å²) >= 11 is 0. The summed E-state index contributed by atoms with van der Waals surface area (Å²) in [7, 11) is 0. The number of hydrogen-bond acceptors (Lipinski definition) is 4. The summed E-state index contributed by atoms with van der Waals surface area (Å²) < 4.78 is 0. The fraction of sp³-hybridized carbons (Fsp3) is 0.889. The molecule has 0 unspecified atom stereocenters. The number of piperazine rings is 1. The monoisotopic (exact) mass is 198 g/mol. The summed E-state index contributed by atoms with van der Waals surface area (Å²) in [4.78, 5) is 15.7. The van der Waals surface area contributed by atoms with Crippen LogP contribution in [0.2, 0.25) is 0 Å². The molecule has 1 saturated carbocycles. The van der Waals surface area contributed by atoms with E-state index in [1.165, 1.54) is 12.8 Å². The first-order chi connectivity index (χ1) is 6.79. The maximum absolute atomic E-state index is 11.0. The van der Waals surface area contributed by atoms with E-state index in [9.17, 15) is 4.79 Å². The van der Waals surface area contributed by atoms with Crippen LogP contribution >= 0.6 is 0 Å². The third-order valence-corrected chi connectivity index (χ3v) is 3.00. The Morgan fingerprint density at radius 2 is 1.93 bits per heavy atom. The van der Waals surface area contributed by atoms with Crippen molar-refractivity contribution in [2.75, 3.05) is 32.7 Å². The summed E-state index contributed by atoms with van der Waals surface area (Å²) in [5.74, 6) is 4.95. The second-order valence-electron chi connectivity index (χ2n) is 4.11. The molecule has 3 N–H and O–H groups in total. The Kier molecular flexibility index (Phi) is 3.00. The summed E-state index contributed by atoms with van der Waals surface area (Å²) in [5, 5.41) is 0. The first-order valence-electron chi connectivity index (χ1n) is 5.25. The molecule has 14 heavy (non-hydrogen) atoms. The van der Waals surface area contributed by atoms with E-state index in [1.807, 2.05) is 0 Å². The van der Waals surface area contributed by atoms with E-state index < -0.39 is 0 Å². The SMILES string of the molecule is NNC(=O)CN1CCN(C2CC2)CC1. The number of hydrogen-bond donors (Lipinski definition) is 2. The molecule has 1 amide bonds. The number of nitrogens with zero attached hydrogens (tertiary/aromatic N) is 2. The maximum Gasteiger partial charge on any atom is 0.248 e. The number of nitrogens with two attached hydrogens (primary N) is 1. The minimum atomic E-state index is -0.0927. The van der Waals surface area contributed by atoms with Gasteiger partial charge in [0.05, 0.1) is 6.54 Å². The third-order valence-electron chi connectivity index (χ3n) is 3.00. The average molecular weight is 198 g/mol. The van der Waals surface area contributed by atoms with Crippen LogP contribution in [0.15, 0.2) is 0 Å². The molecule has 0 bridgehead atoms. The molecule has 1 heterocycles. The van der Waals surface area contributed by atoms with Crippen LogP contribution in [0.3, 0.4) is 0 Å². The van der Waals surface area contributed by atoms with Gasteiger partial charge in [-0.05, 0) is 12.8 Å². The highest BCUT2D eigenvalue weighted by atomic mass is 16.2. The number of carbonyl (C=O) groups is 1. The van der Waals surface area contributed by atoms with Crippen molar-refractivity contribution in [3.05, 3.63) is 0 Å². The standard InChI is InChI=1S/C9H18N4O/c10-11-9(14)7-12-3-5-13(6-4-12)8-1-2-8/h8H,1-7,10H2,(H,11,14). The molecular weight excluding hydrogens is 180 g/mol. The highest BCUT2D eigenvalue weighted by molar-refractivity contribution is 5.77. The number of rotatable bonds is 3. The van der Waals surface area contributed by atoms with Crippen molar-refractivity contribution < 1.29 is 4.79 Å². The van der Waals surface area contributed by atoms with E-state index in [0.29, 0.717) is 6.54 Å². The van der Waals surface area contributed by atoms with Crippen molar-refractivity contribution in [2.45, 2.75) is 18.9 Å². The molecule has 5 nitrogen and oxygen atoms in total. The van der Waals surface area contributed by atoms with Gasteiger partial charge in [0.25, 0.3) is 0 Å². The van der Waals surface area contributed by atoms with E-state index >= 15 is 0 Å². The van der Waals surface area contributed by atoms with Crippen molar-refractivity contribution in [1.29, 1.82) is 0 Å². The Labute approximate surface area is 84.2 Å². The Hall–Kier alpha value is -0.650. The topological polar surface area (TPSA) is 61.6 Å². The van der Waals surface area contributed by atoms with Crippen LogP contribution in [0.25, 0.3) is 0 Å². The Balaban J connectivity index is 1.69. The molecule has 2 fully saturated rings. The van der Waals surface area contributed by atoms with Gasteiger partial charge in [-0.15, -0.1) is 0 Å². The van der Waals surface area contributed by atoms with Crippen LogP contribution in [0.5, 0.6) is 0 Å². The van der Waals surface area contributed by atoms with Crippen LogP contribution in [-0.4, -0.2) is 54.5 Å². The fourth-order valence-corrected chi connectivity index (χ4v) is 1.98. The molecule has 0 atom stereocenters. The molecule has 2 aliphatic rings. The molecule has 1 aliphatic carbocycles. The van der Waals surface area contributed by atoms with Crippen LogP contribution in [0.1, 0.15) is 12.8 Å². The van der Waals surface area contributed by atoms with Crippen LogP contribution < -0.4 is 11.3 Å². The van der Waals surface area contributed by atoms with E-state index in [0.717, 1.165) is 32.2 Å². The second-order valence-corrected chi connectivity index (χ2v) is 4.11. The predicted molar refractivity (Wildman–Crippen MR) is 53.4 cm³/mol. The van der Waals surface area contributed by atoms with Gasteiger partial charge in [-0.2, -0.15) is 0 Å². The van der Waals surface area contributed by atoms with Gasteiger partial charge in [0, 0.05) is 32.2 Å². The van der Waals surface area contributed by atoms with Crippen molar-refractivity contribution in [3.63, 3.8) is 0 Å². The normalized spacial score (nSPS) is 24.9. The zero-order valence-corrected chi connectivity index (χ0v) is 8.41. The van der Waals surface area contributed by atoms with Crippen molar-refractivity contribution >= 4 is 5.91 Å². The van der Waals surface area contributed by atoms with Crippen LogP contribution in [0.4, 0.5) is 0 Å². The van der Waals surface area contributed by atoms with E-state index in [4.69, 9.17) is 5.84 Å². The fourth-order valence-electron chi connectivity index (χ4n) is 1.98. The second kappa shape index (κ2) is 4.25. The van der Waals surface area contributed by atoms with Gasteiger partial charge in [0.2, 0.25) is 5.91 Å². The first-order valence-corrected chi connectivity index (χ1v) is 5.25. The summed E-state index contributed by atoms with van der Waals surface area (Å²) in [6.07, 6.45) is 2.73. The Morgan fingerprint density at radius 3 is 2.43 bits per heavy atom. The molecule has 0 radical (unpaired) electrons. The minimum Gasteiger partial charge on any atom is -0.298 e. The summed E-state index contributed by atoms with van der Waals surface area (Å²) in [6, 6.07) is 0.848. The minimum absolute atomic E-state index is 0.0927. The number of carbonyl (C=O) groups excluding carboxylic acids is 1. The molecule has 80 valence electrons. The van der Waals surface area contributed by atoms with Gasteiger partial charge in [0.1, 0.15) is 0 Å². The van der Waals surface area contributed by atoms with E-state index in [1.54, 1.807) is 0 Å². The summed E-state index contributed by atoms with van der Waals surface area (Å²) in [6.45, 7) is 4.62. The first kappa shape index (κ1) is 9.89. The Morgan fingerprint density at radius 1 is 1.29 bits per heavy atom. The number of hydrazine groups is 1. The zero-order chi connectivity index (χ0) is 9.97. The molecule has 0 aromatic carbocycles. The molecule has 1 aliphatic heterocycles. The van der Waals surface area contributed by atoms with Crippen molar-refractivity contribution in [1.82, 2.24) is 15.2 Å². The molecule has 0 aromatic heterocycles. The van der Waals surface area contributed by atoms with Gasteiger partial charge in [-0.3, -0.25) is 20.0 Å². The van der Waals surface area contributed by atoms with Crippen molar-refractivity contribution in [2.24, 2.45) is 5.84 Å². The Bertz CT molecular complexity index is 209. The van der Waals surface area contributed by atoms with Gasteiger partial charge in [0.15, 0.2) is 0 Å². The number of amides is 1. The van der Waals surface area contributed by atoms with Gasteiger partial charge in [-0.25, -0.2) is 5.84 Å². The molecule has 0 aromatic rings. The van der Waals surface area contributed by atoms with Crippen LogP contribution in [0, 0.1) is 0 Å². The lowest BCUT2D eigenvalue weighted by molar-refractivity contribution is -0.122.